The molecular weight excluding hydrogens is 342 g/mol. The second-order valence-electron chi connectivity index (χ2n) is 7.57. The van der Waals surface area contributed by atoms with E-state index in [4.69, 9.17) is 4.74 Å². The van der Waals surface area contributed by atoms with Crippen LogP contribution in [0.3, 0.4) is 0 Å². The monoisotopic (exact) mass is 379 g/mol. The third-order valence-corrected chi connectivity index (χ3v) is 5.01. The number of aryl methyl sites for hydroxylation is 1. The van der Waals surface area contributed by atoms with Crippen molar-refractivity contribution in [3.8, 4) is 5.75 Å². The minimum Gasteiger partial charge on any atom is -0.494 e. The topological polar surface area (TPSA) is 21.6 Å². The van der Waals surface area contributed by atoms with E-state index in [9.17, 15) is 0 Å². The van der Waals surface area contributed by atoms with Gasteiger partial charge in [-0.1, -0.05) is 70.9 Å². The van der Waals surface area contributed by atoms with Gasteiger partial charge in [0.15, 0.2) is 0 Å². The minimum atomic E-state index is 0.811. The van der Waals surface area contributed by atoms with E-state index in [1.54, 1.807) is 0 Å². The van der Waals surface area contributed by atoms with E-state index in [-0.39, 0.29) is 0 Å². The summed E-state index contributed by atoms with van der Waals surface area (Å²) < 4.78 is 5.85. The molecule has 0 bridgehead atoms. The van der Waals surface area contributed by atoms with Crippen LogP contribution in [-0.4, -0.2) is 12.8 Å². The largest absolute Gasteiger partial charge is 0.494 e. The molecule has 0 N–H and O–H groups in total. The smallest absolute Gasteiger partial charge is 0.119 e. The fraction of sp³-hybridized carbons (Fsp3) is 0.500. The molecular formula is C26H37NO. The van der Waals surface area contributed by atoms with Crippen molar-refractivity contribution >= 4 is 11.9 Å². The Morgan fingerprint density at radius 1 is 0.714 bits per heavy atom. The van der Waals surface area contributed by atoms with Gasteiger partial charge in [0.05, 0.1) is 12.3 Å². The molecule has 2 aromatic carbocycles. The van der Waals surface area contributed by atoms with Crippen LogP contribution in [0, 0.1) is 0 Å². The van der Waals surface area contributed by atoms with Crippen LogP contribution in [-0.2, 0) is 6.42 Å². The van der Waals surface area contributed by atoms with Gasteiger partial charge in [-0.15, -0.1) is 0 Å². The predicted octanol–water partition coefficient (Wildman–Crippen LogP) is 7.91. The van der Waals surface area contributed by atoms with Crippen molar-refractivity contribution < 1.29 is 4.74 Å². The molecule has 0 amide bonds. The maximum Gasteiger partial charge on any atom is 0.119 e. The van der Waals surface area contributed by atoms with Crippen molar-refractivity contribution in [2.75, 3.05) is 6.61 Å². The molecule has 0 fully saturated rings. The molecule has 0 unspecified atom stereocenters. The van der Waals surface area contributed by atoms with Gasteiger partial charge in [-0.25, -0.2) is 0 Å². The highest BCUT2D eigenvalue weighted by molar-refractivity contribution is 5.82. The van der Waals surface area contributed by atoms with Gasteiger partial charge in [-0.3, -0.25) is 4.99 Å². The van der Waals surface area contributed by atoms with Gasteiger partial charge in [0.1, 0.15) is 5.75 Å². The van der Waals surface area contributed by atoms with E-state index < -0.39 is 0 Å². The van der Waals surface area contributed by atoms with E-state index in [2.05, 4.69) is 55.2 Å². The average molecular weight is 380 g/mol. The molecule has 0 atom stereocenters. The van der Waals surface area contributed by atoms with E-state index >= 15 is 0 Å². The second kappa shape index (κ2) is 14.0. The predicted molar refractivity (Wildman–Crippen MR) is 122 cm³/mol. The first-order valence-corrected chi connectivity index (χ1v) is 11.2. The number of unbranched alkanes of at least 4 members (excludes halogenated alkanes) is 7. The number of hydrogen-bond acceptors (Lipinski definition) is 2. The summed E-state index contributed by atoms with van der Waals surface area (Å²) >= 11 is 0. The van der Waals surface area contributed by atoms with Gasteiger partial charge in [0.2, 0.25) is 0 Å². The number of rotatable bonds is 14. The summed E-state index contributed by atoms with van der Waals surface area (Å²) in [4.78, 5) is 4.58. The number of nitrogens with zero attached hydrogens (tertiary/aromatic N) is 1. The fourth-order valence-electron chi connectivity index (χ4n) is 3.18. The Balaban J connectivity index is 1.68. The lowest BCUT2D eigenvalue weighted by Crippen LogP contribution is -1.97. The molecule has 0 aromatic heterocycles. The van der Waals surface area contributed by atoms with Crippen LogP contribution in [0.2, 0.25) is 0 Å². The maximum absolute atomic E-state index is 5.85. The SMILES string of the molecule is CCCCCCCCCOc1ccc(C=Nc2ccc(CCCC)cc2)cc1. The first-order chi connectivity index (χ1) is 13.8. The van der Waals surface area contributed by atoms with E-state index in [0.717, 1.165) is 36.4 Å². The van der Waals surface area contributed by atoms with Crippen molar-refractivity contribution in [1.29, 1.82) is 0 Å². The van der Waals surface area contributed by atoms with Crippen LogP contribution in [0.1, 0.15) is 82.8 Å². The number of ether oxygens (including phenoxy) is 1. The molecule has 2 heteroatoms. The Morgan fingerprint density at radius 2 is 1.36 bits per heavy atom. The minimum absolute atomic E-state index is 0.811. The summed E-state index contributed by atoms with van der Waals surface area (Å²) in [6, 6.07) is 16.8. The van der Waals surface area contributed by atoms with Crippen molar-refractivity contribution in [1.82, 2.24) is 0 Å². The molecule has 0 heterocycles. The van der Waals surface area contributed by atoms with E-state index in [0.29, 0.717) is 0 Å². The third-order valence-electron chi connectivity index (χ3n) is 5.01. The molecule has 0 spiro atoms. The Kier molecular flexibility index (Phi) is 11.1. The lowest BCUT2D eigenvalue weighted by molar-refractivity contribution is 0.304. The van der Waals surface area contributed by atoms with Crippen LogP contribution < -0.4 is 4.74 Å². The third kappa shape index (κ3) is 9.21. The summed E-state index contributed by atoms with van der Waals surface area (Å²) in [5, 5.41) is 0. The van der Waals surface area contributed by atoms with Gasteiger partial charge in [0.25, 0.3) is 0 Å². The van der Waals surface area contributed by atoms with Crippen molar-refractivity contribution in [3.63, 3.8) is 0 Å². The highest BCUT2D eigenvalue weighted by atomic mass is 16.5. The zero-order valence-electron chi connectivity index (χ0n) is 17.8. The molecule has 2 aromatic rings. The number of aliphatic imine (C=N–C) groups is 1. The molecule has 0 saturated carbocycles. The quantitative estimate of drug-likeness (QED) is 0.241. The number of hydrogen-bond donors (Lipinski definition) is 0. The molecule has 28 heavy (non-hydrogen) atoms. The lowest BCUT2D eigenvalue weighted by atomic mass is 10.1. The molecule has 2 rings (SSSR count). The molecule has 0 aliphatic rings. The molecule has 0 aliphatic heterocycles. The van der Waals surface area contributed by atoms with Gasteiger partial charge in [0, 0.05) is 6.21 Å². The Morgan fingerprint density at radius 3 is 2.04 bits per heavy atom. The summed E-state index contributed by atoms with van der Waals surface area (Å²) in [5.74, 6) is 0.948. The van der Waals surface area contributed by atoms with Crippen LogP contribution in [0.4, 0.5) is 5.69 Å². The van der Waals surface area contributed by atoms with Crippen molar-refractivity contribution in [2.24, 2.45) is 4.99 Å². The first-order valence-electron chi connectivity index (χ1n) is 11.2. The van der Waals surface area contributed by atoms with Crippen molar-refractivity contribution in [2.45, 2.75) is 78.1 Å². The summed E-state index contributed by atoms with van der Waals surface area (Å²) in [7, 11) is 0. The standard InChI is InChI=1S/C26H37NO/c1-3-5-7-8-9-10-11-21-28-26-19-15-24(16-20-26)22-27-25-17-13-23(14-18-25)12-6-4-2/h13-20,22H,3-12,21H2,1-2H3. The zero-order chi connectivity index (χ0) is 19.9. The number of benzene rings is 2. The van der Waals surface area contributed by atoms with Crippen LogP contribution in [0.15, 0.2) is 53.5 Å². The second-order valence-corrected chi connectivity index (χ2v) is 7.57. The van der Waals surface area contributed by atoms with Crippen LogP contribution in [0.5, 0.6) is 5.75 Å². The average Bonchev–Trinajstić information content (AvgIpc) is 2.74. The van der Waals surface area contributed by atoms with Gasteiger partial charge in [-0.2, -0.15) is 0 Å². The molecule has 0 saturated heterocycles. The van der Waals surface area contributed by atoms with Gasteiger partial charge in [-0.05, 0) is 66.8 Å². The highest BCUT2D eigenvalue weighted by Crippen LogP contribution is 2.16. The lowest BCUT2D eigenvalue weighted by Gasteiger charge is -2.06. The Bertz CT molecular complexity index is 658. The molecule has 2 nitrogen and oxygen atoms in total. The van der Waals surface area contributed by atoms with E-state index in [1.165, 1.54) is 56.9 Å². The van der Waals surface area contributed by atoms with Gasteiger partial charge >= 0.3 is 0 Å². The van der Waals surface area contributed by atoms with Crippen LogP contribution in [0.25, 0.3) is 0 Å². The zero-order valence-corrected chi connectivity index (χ0v) is 17.8. The Hall–Kier alpha value is -2.09. The Labute approximate surface area is 172 Å². The molecule has 152 valence electrons. The molecule has 0 radical (unpaired) electrons. The fourth-order valence-corrected chi connectivity index (χ4v) is 3.18. The molecule has 0 aliphatic carbocycles. The van der Waals surface area contributed by atoms with Gasteiger partial charge < -0.3 is 4.74 Å². The summed E-state index contributed by atoms with van der Waals surface area (Å²) in [5.41, 5.74) is 3.49. The highest BCUT2D eigenvalue weighted by Gasteiger charge is 1.97. The summed E-state index contributed by atoms with van der Waals surface area (Å²) in [6.07, 6.45) is 14.7. The van der Waals surface area contributed by atoms with E-state index in [1.807, 2.05) is 18.3 Å². The maximum atomic E-state index is 5.85. The van der Waals surface area contributed by atoms with Crippen LogP contribution >= 0.6 is 0 Å². The first kappa shape index (κ1) is 22.2. The van der Waals surface area contributed by atoms with Crippen molar-refractivity contribution in [3.05, 3.63) is 59.7 Å². The summed E-state index contributed by atoms with van der Waals surface area (Å²) in [6.45, 7) is 5.30. The normalized spacial score (nSPS) is 11.2.